The summed E-state index contributed by atoms with van der Waals surface area (Å²) in [6, 6.07) is 37.4. The fourth-order valence-corrected chi connectivity index (χ4v) is 5.35. The predicted octanol–water partition coefficient (Wildman–Crippen LogP) is 10.1. The summed E-state index contributed by atoms with van der Waals surface area (Å²) in [5.41, 5.74) is 6.57. The minimum atomic E-state index is -0.407. The van der Waals surface area contributed by atoms with Gasteiger partial charge in [0.15, 0.2) is 17.5 Å². The lowest BCUT2D eigenvalue weighted by atomic mass is 9.98. The number of nitrogens with zero attached hydrogens (tertiary/aromatic N) is 3. The topological polar surface area (TPSA) is 51.8 Å². The monoisotopic (exact) mass is 556 g/mol. The van der Waals surface area contributed by atoms with Gasteiger partial charge in [-0.05, 0) is 40.5 Å². The van der Waals surface area contributed by atoms with Gasteiger partial charge in [0, 0.05) is 27.5 Å². The fourth-order valence-electron chi connectivity index (χ4n) is 5.35. The third-order valence-electron chi connectivity index (χ3n) is 7.44. The molecule has 0 atom stereocenters. The van der Waals surface area contributed by atoms with Crippen molar-refractivity contribution >= 4 is 21.9 Å². The van der Waals surface area contributed by atoms with Crippen LogP contribution in [0.2, 0.25) is 0 Å². The molecule has 0 bridgehead atoms. The van der Waals surface area contributed by atoms with Gasteiger partial charge in [-0.1, -0.05) is 133 Å². The number of rotatable bonds is 5. The molecule has 202 valence electrons. The van der Waals surface area contributed by atoms with Crippen molar-refractivity contribution in [2.24, 2.45) is 0 Å². The average molecular weight is 557 g/mol. The number of furan rings is 1. The predicted molar refractivity (Wildman–Crippen MR) is 174 cm³/mol. The van der Waals surface area contributed by atoms with Gasteiger partial charge >= 0.3 is 0 Å². The molecule has 6 aromatic carbocycles. The Labute approximate surface area is 256 Å². The lowest BCUT2D eigenvalue weighted by molar-refractivity contribution is 0.669. The third-order valence-corrected chi connectivity index (χ3v) is 7.44. The molecule has 0 unspecified atom stereocenters. The molecule has 0 saturated carbocycles. The number of hydrogen-bond donors (Lipinski definition) is 0. The first-order chi connectivity index (χ1) is 23.4. The van der Waals surface area contributed by atoms with Crippen LogP contribution in [-0.4, -0.2) is 15.0 Å². The van der Waals surface area contributed by atoms with Gasteiger partial charge in [0.05, 0.1) is 6.85 Å². The summed E-state index contributed by atoms with van der Waals surface area (Å²) < 4.78 is 47.0. The standard InChI is InChI=1S/C39H25N3O/c1-4-11-26(12-5-1)27-19-21-28(22-20-27)31-23-24-34-33(25-31)36-32(17-10-18-35(36)43-34)39-41-37(29-13-6-2-7-14-29)40-38(42-39)30-15-8-3-9-16-30/h1-25H/i1D,4D,5D,11D,12D. The van der Waals surface area contributed by atoms with E-state index in [2.05, 4.69) is 6.07 Å². The minimum absolute atomic E-state index is 0.176. The molecule has 4 heteroatoms. The van der Waals surface area contributed by atoms with E-state index < -0.39 is 6.04 Å². The first-order valence-electron chi connectivity index (χ1n) is 16.4. The van der Waals surface area contributed by atoms with Gasteiger partial charge in [-0.3, -0.25) is 0 Å². The van der Waals surface area contributed by atoms with Crippen molar-refractivity contribution in [3.05, 3.63) is 152 Å². The molecule has 0 fully saturated rings. The summed E-state index contributed by atoms with van der Waals surface area (Å²) in [5, 5.41) is 1.78. The summed E-state index contributed by atoms with van der Waals surface area (Å²) in [6.45, 7) is 0. The molecule has 43 heavy (non-hydrogen) atoms. The van der Waals surface area contributed by atoms with Gasteiger partial charge in [0.2, 0.25) is 0 Å². The van der Waals surface area contributed by atoms with Crippen LogP contribution in [0.5, 0.6) is 0 Å². The van der Waals surface area contributed by atoms with Crippen molar-refractivity contribution in [2.75, 3.05) is 0 Å². The zero-order valence-corrected chi connectivity index (χ0v) is 22.8. The largest absolute Gasteiger partial charge is 0.456 e. The molecule has 8 aromatic rings. The summed E-state index contributed by atoms with van der Waals surface area (Å²) in [7, 11) is 0. The van der Waals surface area contributed by atoms with Crippen LogP contribution in [0.3, 0.4) is 0 Å². The molecule has 4 nitrogen and oxygen atoms in total. The fraction of sp³-hybridized carbons (Fsp3) is 0. The Balaban J connectivity index is 1.26. The molecule has 0 radical (unpaired) electrons. The van der Waals surface area contributed by atoms with Crippen molar-refractivity contribution in [1.29, 1.82) is 0 Å². The highest BCUT2D eigenvalue weighted by Crippen LogP contribution is 2.38. The maximum absolute atomic E-state index is 8.36. The number of benzene rings is 6. The van der Waals surface area contributed by atoms with E-state index in [1.54, 1.807) is 12.1 Å². The van der Waals surface area contributed by atoms with Crippen molar-refractivity contribution in [2.45, 2.75) is 0 Å². The Morgan fingerprint density at radius 1 is 0.442 bits per heavy atom. The highest BCUT2D eigenvalue weighted by molar-refractivity contribution is 6.12. The summed E-state index contributed by atoms with van der Waals surface area (Å²) >= 11 is 0. The van der Waals surface area contributed by atoms with Crippen LogP contribution in [0.4, 0.5) is 0 Å². The van der Waals surface area contributed by atoms with Gasteiger partial charge in [-0.15, -0.1) is 0 Å². The van der Waals surface area contributed by atoms with Gasteiger partial charge in [0.1, 0.15) is 11.2 Å². The number of aromatic nitrogens is 3. The van der Waals surface area contributed by atoms with Gasteiger partial charge in [-0.2, -0.15) is 0 Å². The van der Waals surface area contributed by atoms with Crippen LogP contribution in [0, 0.1) is 0 Å². The second-order valence-electron chi connectivity index (χ2n) is 10.1. The number of fused-ring (bicyclic) bond motifs is 3. The molecule has 0 spiro atoms. The molecular weight excluding hydrogens is 526 g/mol. The van der Waals surface area contributed by atoms with Crippen molar-refractivity contribution < 1.29 is 11.3 Å². The lowest BCUT2D eigenvalue weighted by Crippen LogP contribution is -2.00. The molecular formula is C39H25N3O. The van der Waals surface area contributed by atoms with Crippen LogP contribution < -0.4 is 0 Å². The highest BCUT2D eigenvalue weighted by Gasteiger charge is 2.18. The van der Waals surface area contributed by atoms with E-state index in [1.807, 2.05) is 103 Å². The maximum atomic E-state index is 8.36. The maximum Gasteiger partial charge on any atom is 0.164 e. The van der Waals surface area contributed by atoms with Gasteiger partial charge in [0.25, 0.3) is 0 Å². The van der Waals surface area contributed by atoms with E-state index in [1.165, 1.54) is 0 Å². The normalized spacial score (nSPS) is 12.9. The highest BCUT2D eigenvalue weighted by atomic mass is 16.3. The molecule has 0 amide bonds. The second-order valence-corrected chi connectivity index (χ2v) is 10.1. The Bertz CT molecular complexity index is 2410. The quantitative estimate of drug-likeness (QED) is 0.212. The smallest absolute Gasteiger partial charge is 0.164 e. The molecule has 2 aromatic heterocycles. The van der Waals surface area contributed by atoms with Crippen LogP contribution in [-0.2, 0) is 0 Å². The third kappa shape index (κ3) is 4.65. The summed E-state index contributed by atoms with van der Waals surface area (Å²) in [5.74, 6) is 1.68. The van der Waals surface area contributed by atoms with E-state index >= 15 is 0 Å². The van der Waals surface area contributed by atoms with Crippen molar-refractivity contribution in [3.63, 3.8) is 0 Å². The second kappa shape index (κ2) is 10.5. The van der Waals surface area contributed by atoms with Gasteiger partial charge in [-0.25, -0.2) is 15.0 Å². The average Bonchev–Trinajstić information content (AvgIpc) is 3.52. The van der Waals surface area contributed by atoms with E-state index in [0.29, 0.717) is 28.6 Å². The molecule has 0 aliphatic carbocycles. The zero-order valence-electron chi connectivity index (χ0n) is 27.8. The van der Waals surface area contributed by atoms with Crippen molar-refractivity contribution in [3.8, 4) is 56.4 Å². The van der Waals surface area contributed by atoms with Gasteiger partial charge < -0.3 is 4.42 Å². The van der Waals surface area contributed by atoms with E-state index in [4.69, 9.17) is 26.2 Å². The van der Waals surface area contributed by atoms with Crippen LogP contribution in [0.1, 0.15) is 6.85 Å². The Morgan fingerprint density at radius 3 is 1.67 bits per heavy atom. The number of hydrogen-bond acceptors (Lipinski definition) is 4. The van der Waals surface area contributed by atoms with E-state index in [9.17, 15) is 0 Å². The lowest BCUT2D eigenvalue weighted by Gasteiger charge is -2.09. The SMILES string of the molecule is [2H]c1c([2H])c([2H])c(-c2ccc(-c3ccc4oc5cccc(-c6nc(-c7ccccc7)nc(-c7ccccc7)n6)c5c4c3)cc2)c([2H])c1[2H]. The van der Waals surface area contributed by atoms with Crippen LogP contribution >= 0.6 is 0 Å². The molecule has 2 heterocycles. The van der Waals surface area contributed by atoms with Crippen molar-refractivity contribution in [1.82, 2.24) is 15.0 Å². The first-order valence-corrected chi connectivity index (χ1v) is 13.9. The molecule has 0 N–H and O–H groups in total. The van der Waals surface area contributed by atoms with Crippen LogP contribution in [0.15, 0.2) is 156 Å². The Hall–Kier alpha value is -5.87. The van der Waals surface area contributed by atoms with E-state index in [-0.39, 0.29) is 29.7 Å². The molecule has 0 aliphatic rings. The minimum Gasteiger partial charge on any atom is -0.456 e. The molecule has 0 saturated heterocycles. The Morgan fingerprint density at radius 2 is 1.02 bits per heavy atom. The van der Waals surface area contributed by atoms with Crippen LogP contribution in [0.25, 0.3) is 78.4 Å². The first kappa shape index (κ1) is 20.1. The zero-order chi connectivity index (χ0) is 32.9. The summed E-state index contributed by atoms with van der Waals surface area (Å²) in [6.07, 6.45) is 0. The van der Waals surface area contributed by atoms with E-state index in [0.717, 1.165) is 44.2 Å². The Kier molecular flexibility index (Phi) is 4.91. The molecule has 0 aliphatic heterocycles. The summed E-state index contributed by atoms with van der Waals surface area (Å²) in [4.78, 5) is 14.7. The molecule has 8 rings (SSSR count).